The molecule has 7 rings (SSSR count). The number of hydrogen-bond acceptors (Lipinski definition) is 6. The van der Waals surface area contributed by atoms with Gasteiger partial charge in [0.2, 0.25) is 5.91 Å². The van der Waals surface area contributed by atoms with E-state index in [1.165, 1.54) is 6.20 Å². The molecule has 2 aromatic heterocycles. The Kier molecular flexibility index (Phi) is 6.91. The quantitative estimate of drug-likeness (QED) is 0.337. The molecule has 2 unspecified atom stereocenters. The number of carbonyl (C=O) groups excluding carboxylic acids is 2. The first-order chi connectivity index (χ1) is 20.7. The average molecular weight is 618 g/mol. The zero-order valence-electron chi connectivity index (χ0n) is 23.8. The highest BCUT2D eigenvalue weighted by molar-refractivity contribution is 6.34. The molecule has 4 heterocycles. The number of likely N-dealkylation sites (N-methyl/N-ethyl adjacent to an activating group) is 1. The molecule has 2 saturated heterocycles. The number of piperazine rings is 1. The van der Waals surface area contributed by atoms with Gasteiger partial charge in [0, 0.05) is 69.9 Å². The molecule has 2 bridgehead atoms. The van der Waals surface area contributed by atoms with Crippen molar-refractivity contribution in [3.05, 3.63) is 81.2 Å². The molecule has 2 aliphatic heterocycles. The SMILES string of the molecule is COc1cc2c(cc1-c1cncc(C(N)=O)c1)-c1c(c(C(=O)N3C4CCC3CN(C)C4)nn1-c1cc(Cl)cc(Cl)c1)CC2. The maximum absolute atomic E-state index is 14.3. The lowest BCUT2D eigenvalue weighted by Crippen LogP contribution is -2.54. The number of fused-ring (bicyclic) bond motifs is 5. The van der Waals surface area contributed by atoms with Crippen molar-refractivity contribution in [2.24, 2.45) is 5.73 Å². The molecule has 9 nitrogen and oxygen atoms in total. The smallest absolute Gasteiger partial charge is 0.275 e. The Bertz CT molecular complexity index is 1770. The number of aryl methyl sites for hydroxylation is 1. The first kappa shape index (κ1) is 27.9. The van der Waals surface area contributed by atoms with Crippen LogP contribution < -0.4 is 10.5 Å². The minimum absolute atomic E-state index is 0.0285. The van der Waals surface area contributed by atoms with E-state index >= 15 is 0 Å². The largest absolute Gasteiger partial charge is 0.496 e. The highest BCUT2D eigenvalue weighted by atomic mass is 35.5. The summed E-state index contributed by atoms with van der Waals surface area (Å²) >= 11 is 12.9. The van der Waals surface area contributed by atoms with Gasteiger partial charge < -0.3 is 20.3 Å². The third-order valence-electron chi connectivity index (χ3n) is 8.84. The van der Waals surface area contributed by atoms with E-state index in [0.29, 0.717) is 51.1 Å². The fraction of sp³-hybridized carbons (Fsp3) is 0.312. The molecule has 2 N–H and O–H groups in total. The number of halogens is 2. The fourth-order valence-corrected chi connectivity index (χ4v) is 7.49. The fourth-order valence-electron chi connectivity index (χ4n) is 6.98. The standard InChI is InChI=1S/C32H30Cl2N6O3/c1-38-15-22-4-5-23(16-38)39(22)32(42)29-25-6-3-17-8-28(43-2)26(18-7-19(31(35)41)14-36-13-18)12-27(17)30(25)40(37-29)24-10-20(33)9-21(34)11-24/h7-14,22-23H,3-6,15-16H2,1-2H3,(H2,35,41). The Morgan fingerprint density at radius 1 is 0.953 bits per heavy atom. The molecule has 3 aliphatic rings. The van der Waals surface area contributed by atoms with Crippen LogP contribution in [0.25, 0.3) is 28.1 Å². The van der Waals surface area contributed by atoms with Gasteiger partial charge in [0.05, 0.1) is 24.1 Å². The van der Waals surface area contributed by atoms with E-state index in [9.17, 15) is 9.59 Å². The highest BCUT2D eigenvalue weighted by Crippen LogP contribution is 2.44. The Balaban J connectivity index is 1.43. The predicted octanol–water partition coefficient (Wildman–Crippen LogP) is 5.03. The first-order valence-electron chi connectivity index (χ1n) is 14.3. The summed E-state index contributed by atoms with van der Waals surface area (Å²) in [6.07, 6.45) is 6.46. The predicted molar refractivity (Wildman–Crippen MR) is 165 cm³/mol. The summed E-state index contributed by atoms with van der Waals surface area (Å²) in [4.78, 5) is 34.9. The van der Waals surface area contributed by atoms with Crippen molar-refractivity contribution in [1.82, 2.24) is 24.6 Å². The minimum atomic E-state index is -0.564. The first-order valence-corrected chi connectivity index (χ1v) is 15.0. The molecular formula is C32H30Cl2N6O3. The molecule has 2 fully saturated rings. The molecule has 0 spiro atoms. The lowest BCUT2D eigenvalue weighted by Gasteiger charge is -2.39. The molecule has 1 aliphatic carbocycles. The molecule has 220 valence electrons. The van der Waals surface area contributed by atoms with Crippen LogP contribution in [0.3, 0.4) is 0 Å². The van der Waals surface area contributed by atoms with E-state index in [1.54, 1.807) is 42.3 Å². The van der Waals surface area contributed by atoms with Crippen LogP contribution in [0.2, 0.25) is 10.0 Å². The van der Waals surface area contributed by atoms with Gasteiger partial charge in [-0.3, -0.25) is 14.6 Å². The number of nitrogens with two attached hydrogens (primary N) is 1. The molecule has 11 heteroatoms. The zero-order valence-corrected chi connectivity index (χ0v) is 25.3. The Labute approximate surface area is 259 Å². The number of methoxy groups -OCH3 is 1. The second-order valence-electron chi connectivity index (χ2n) is 11.6. The molecule has 2 atom stereocenters. The van der Waals surface area contributed by atoms with Crippen LogP contribution in [0.5, 0.6) is 5.75 Å². The van der Waals surface area contributed by atoms with Crippen LogP contribution in [0, 0.1) is 0 Å². The van der Waals surface area contributed by atoms with Gasteiger partial charge in [-0.1, -0.05) is 23.2 Å². The van der Waals surface area contributed by atoms with Crippen LogP contribution in [0.1, 0.15) is 44.8 Å². The lowest BCUT2D eigenvalue weighted by atomic mass is 9.86. The Morgan fingerprint density at radius 3 is 2.35 bits per heavy atom. The van der Waals surface area contributed by atoms with Crippen LogP contribution in [0.15, 0.2) is 48.8 Å². The molecule has 0 saturated carbocycles. The molecule has 2 amide bonds. The number of aromatic nitrogens is 3. The summed E-state index contributed by atoms with van der Waals surface area (Å²) in [5.41, 5.74) is 12.1. The van der Waals surface area contributed by atoms with Gasteiger partial charge in [0.15, 0.2) is 5.69 Å². The maximum atomic E-state index is 14.3. The van der Waals surface area contributed by atoms with Crippen molar-refractivity contribution in [3.63, 3.8) is 0 Å². The number of rotatable bonds is 5. The number of amides is 2. The molecular weight excluding hydrogens is 587 g/mol. The zero-order chi connectivity index (χ0) is 30.0. The van der Waals surface area contributed by atoms with Crippen LogP contribution in [0.4, 0.5) is 0 Å². The third-order valence-corrected chi connectivity index (χ3v) is 9.27. The Hall–Kier alpha value is -3.92. The van der Waals surface area contributed by atoms with Gasteiger partial charge in [-0.05, 0) is 74.7 Å². The van der Waals surface area contributed by atoms with E-state index < -0.39 is 5.91 Å². The maximum Gasteiger partial charge on any atom is 0.275 e. The monoisotopic (exact) mass is 616 g/mol. The molecule has 4 aromatic rings. The average Bonchev–Trinajstić information content (AvgIpc) is 3.51. The van der Waals surface area contributed by atoms with E-state index in [2.05, 4.69) is 21.8 Å². The number of pyridine rings is 1. The second kappa shape index (κ2) is 10.7. The summed E-state index contributed by atoms with van der Waals surface area (Å²) in [6, 6.07) is 11.4. The summed E-state index contributed by atoms with van der Waals surface area (Å²) < 4.78 is 7.59. The van der Waals surface area contributed by atoms with Crippen molar-refractivity contribution in [3.8, 4) is 33.8 Å². The van der Waals surface area contributed by atoms with Crippen molar-refractivity contribution < 1.29 is 14.3 Å². The van der Waals surface area contributed by atoms with Crippen molar-refractivity contribution in [2.45, 2.75) is 37.8 Å². The van der Waals surface area contributed by atoms with E-state index in [0.717, 1.165) is 53.9 Å². The van der Waals surface area contributed by atoms with Crippen LogP contribution in [-0.2, 0) is 12.8 Å². The Morgan fingerprint density at radius 2 is 1.67 bits per heavy atom. The topological polar surface area (TPSA) is 107 Å². The van der Waals surface area contributed by atoms with E-state index in [-0.39, 0.29) is 18.0 Å². The number of likely N-dealkylation sites (tertiary alicyclic amines) is 1. The number of benzene rings is 2. The number of hydrogen-bond donors (Lipinski definition) is 1. The normalized spacial score (nSPS) is 19.2. The van der Waals surface area contributed by atoms with Crippen molar-refractivity contribution >= 4 is 35.0 Å². The van der Waals surface area contributed by atoms with Gasteiger partial charge in [-0.15, -0.1) is 0 Å². The summed E-state index contributed by atoms with van der Waals surface area (Å²) in [6.45, 7) is 1.72. The van der Waals surface area contributed by atoms with Gasteiger partial charge in [-0.25, -0.2) is 4.68 Å². The van der Waals surface area contributed by atoms with Crippen molar-refractivity contribution in [2.75, 3.05) is 27.2 Å². The van der Waals surface area contributed by atoms with Gasteiger partial charge in [0.1, 0.15) is 5.75 Å². The third kappa shape index (κ3) is 4.76. The lowest BCUT2D eigenvalue weighted by molar-refractivity contribution is 0.0465. The molecule has 43 heavy (non-hydrogen) atoms. The summed E-state index contributed by atoms with van der Waals surface area (Å²) in [5, 5.41) is 5.95. The van der Waals surface area contributed by atoms with E-state index in [1.807, 2.05) is 12.1 Å². The highest BCUT2D eigenvalue weighted by Gasteiger charge is 2.44. The number of nitrogens with zero attached hydrogens (tertiary/aromatic N) is 5. The number of carbonyl (C=O) groups is 2. The minimum Gasteiger partial charge on any atom is -0.496 e. The second-order valence-corrected chi connectivity index (χ2v) is 12.4. The number of primary amides is 1. The van der Waals surface area contributed by atoms with Crippen molar-refractivity contribution in [1.29, 1.82) is 0 Å². The number of ether oxygens (including phenoxy) is 1. The summed E-state index contributed by atoms with van der Waals surface area (Å²) in [7, 11) is 3.73. The van der Waals surface area contributed by atoms with Gasteiger partial charge >= 0.3 is 0 Å². The molecule has 2 aromatic carbocycles. The van der Waals surface area contributed by atoms with Crippen LogP contribution in [-0.4, -0.2) is 75.7 Å². The summed E-state index contributed by atoms with van der Waals surface area (Å²) in [5.74, 6) is 0.0533. The molecule has 0 radical (unpaired) electrons. The van der Waals surface area contributed by atoms with Gasteiger partial charge in [0.25, 0.3) is 5.91 Å². The van der Waals surface area contributed by atoms with Gasteiger partial charge in [-0.2, -0.15) is 5.10 Å². The van der Waals surface area contributed by atoms with E-state index in [4.69, 9.17) is 38.8 Å². The van der Waals surface area contributed by atoms with Crippen LogP contribution >= 0.6 is 23.2 Å².